The smallest absolute Gasteiger partial charge is 0.241 e. The predicted molar refractivity (Wildman–Crippen MR) is 151 cm³/mol. The van der Waals surface area contributed by atoms with Gasteiger partial charge >= 0.3 is 0 Å². The van der Waals surface area contributed by atoms with Crippen molar-refractivity contribution in [3.8, 4) is 0 Å². The second-order valence-electron chi connectivity index (χ2n) is 8.68. The molecule has 0 saturated heterocycles. The zero-order chi connectivity index (χ0) is 24.3. The van der Waals surface area contributed by atoms with Crippen molar-refractivity contribution in [3.63, 3.8) is 0 Å². The molecular formula is C28H34Cl3N3O. The number of nitrogens with one attached hydrogen (secondary N) is 3. The van der Waals surface area contributed by atoms with E-state index in [1.54, 1.807) is 0 Å². The Morgan fingerprint density at radius 1 is 0.771 bits per heavy atom. The lowest BCUT2D eigenvalue weighted by molar-refractivity contribution is -0.117. The minimum atomic E-state index is -0.289. The molecule has 3 aromatic rings. The van der Waals surface area contributed by atoms with E-state index in [9.17, 15) is 4.79 Å². The maximum absolute atomic E-state index is 12.5. The monoisotopic (exact) mass is 533 g/mol. The van der Waals surface area contributed by atoms with Gasteiger partial charge in [0.05, 0.1) is 6.04 Å². The molecule has 1 amide bonds. The summed E-state index contributed by atoms with van der Waals surface area (Å²) in [5, 5.41) is 11.3. The number of hydrogen-bond acceptors (Lipinski definition) is 3. The molecule has 4 nitrogen and oxygen atoms in total. The van der Waals surface area contributed by atoms with E-state index < -0.39 is 0 Å². The van der Waals surface area contributed by atoms with Crippen LogP contribution in [0.2, 0.25) is 10.0 Å². The lowest BCUT2D eigenvalue weighted by Gasteiger charge is -2.16. The maximum Gasteiger partial charge on any atom is 0.241 e. The molecule has 1 unspecified atom stereocenters. The highest BCUT2D eigenvalue weighted by molar-refractivity contribution is 6.30. The van der Waals surface area contributed by atoms with Gasteiger partial charge in [0.2, 0.25) is 5.91 Å². The van der Waals surface area contributed by atoms with Crippen LogP contribution in [0.5, 0.6) is 0 Å². The first-order chi connectivity index (χ1) is 16.4. The molecule has 3 rings (SSSR count). The van der Waals surface area contributed by atoms with Gasteiger partial charge in [-0.15, -0.1) is 12.4 Å². The van der Waals surface area contributed by atoms with Gasteiger partial charge in [-0.1, -0.05) is 59.6 Å². The largest absolute Gasteiger partial charge is 0.325 e. The Morgan fingerprint density at radius 3 is 1.86 bits per heavy atom. The van der Waals surface area contributed by atoms with Crippen LogP contribution in [0.15, 0.2) is 72.8 Å². The van der Waals surface area contributed by atoms with E-state index in [4.69, 9.17) is 23.2 Å². The molecule has 3 N–H and O–H groups in total. The molecule has 2 atom stereocenters. The molecule has 0 aliphatic heterocycles. The zero-order valence-electron chi connectivity index (χ0n) is 20.2. The Balaban J connectivity index is 0.00000432. The van der Waals surface area contributed by atoms with Crippen LogP contribution in [-0.2, 0) is 24.1 Å². The third-order valence-electron chi connectivity index (χ3n) is 5.71. The zero-order valence-corrected chi connectivity index (χ0v) is 22.5. The molecule has 0 fully saturated rings. The number of halogens is 3. The van der Waals surface area contributed by atoms with Crippen molar-refractivity contribution < 1.29 is 4.79 Å². The van der Waals surface area contributed by atoms with Crippen molar-refractivity contribution in [1.29, 1.82) is 0 Å². The van der Waals surface area contributed by atoms with Gasteiger partial charge in [0, 0.05) is 21.8 Å². The van der Waals surface area contributed by atoms with Gasteiger partial charge in [-0.3, -0.25) is 4.79 Å². The van der Waals surface area contributed by atoms with Crippen LogP contribution in [0.4, 0.5) is 5.69 Å². The average molecular weight is 535 g/mol. The maximum atomic E-state index is 12.5. The number of carbonyl (C=O) groups excluding carboxylic acids is 1. The molecule has 0 saturated carbocycles. The predicted octanol–water partition coefficient (Wildman–Crippen LogP) is 6.34. The van der Waals surface area contributed by atoms with E-state index >= 15 is 0 Å². The summed E-state index contributed by atoms with van der Waals surface area (Å²) in [5.41, 5.74) is 4.42. The van der Waals surface area contributed by atoms with Crippen LogP contribution >= 0.6 is 35.6 Å². The van der Waals surface area contributed by atoms with Crippen LogP contribution in [-0.4, -0.2) is 31.1 Å². The highest BCUT2D eigenvalue weighted by atomic mass is 35.5. The number of benzene rings is 3. The lowest BCUT2D eigenvalue weighted by atomic mass is 10.1. The SMILES string of the molecule is CC(Cc1ccc(NC(=O)[C@@H](C)NCCc2cccc(Cl)c2)cc1)NCCc1cccc(Cl)c1.Cl. The van der Waals surface area contributed by atoms with Crippen molar-refractivity contribution in [2.24, 2.45) is 0 Å². The third kappa shape index (κ3) is 10.6. The summed E-state index contributed by atoms with van der Waals surface area (Å²) in [6, 6.07) is 23.9. The summed E-state index contributed by atoms with van der Waals surface area (Å²) in [5.74, 6) is -0.0464. The quantitative estimate of drug-likeness (QED) is 0.254. The third-order valence-corrected chi connectivity index (χ3v) is 6.18. The Kier molecular flexibility index (Phi) is 12.6. The van der Waals surface area contributed by atoms with Crippen LogP contribution in [0.3, 0.4) is 0 Å². The molecule has 0 aliphatic rings. The molecule has 0 bridgehead atoms. The van der Waals surface area contributed by atoms with Crippen molar-refractivity contribution in [3.05, 3.63) is 99.5 Å². The molecule has 0 aliphatic carbocycles. The van der Waals surface area contributed by atoms with Gasteiger partial charge in [-0.05, 0) is 99.3 Å². The number of hydrogen-bond donors (Lipinski definition) is 3. The van der Waals surface area contributed by atoms with E-state index in [1.165, 1.54) is 11.1 Å². The summed E-state index contributed by atoms with van der Waals surface area (Å²) >= 11 is 12.1. The van der Waals surface area contributed by atoms with Gasteiger partial charge in [0.1, 0.15) is 0 Å². The van der Waals surface area contributed by atoms with E-state index in [2.05, 4.69) is 41.1 Å². The first kappa shape index (κ1) is 29.2. The number of carbonyl (C=O) groups is 1. The fourth-order valence-corrected chi connectivity index (χ4v) is 4.20. The van der Waals surface area contributed by atoms with Crippen LogP contribution in [0.1, 0.15) is 30.5 Å². The van der Waals surface area contributed by atoms with E-state index in [1.807, 2.05) is 61.5 Å². The minimum Gasteiger partial charge on any atom is -0.325 e. The molecule has 0 heterocycles. The van der Waals surface area contributed by atoms with Gasteiger partial charge in [-0.2, -0.15) is 0 Å². The van der Waals surface area contributed by atoms with Gasteiger partial charge in [0.15, 0.2) is 0 Å². The fraction of sp³-hybridized carbons (Fsp3) is 0.321. The highest BCUT2D eigenvalue weighted by Gasteiger charge is 2.12. The lowest BCUT2D eigenvalue weighted by Crippen LogP contribution is -2.39. The summed E-state index contributed by atoms with van der Waals surface area (Å²) in [7, 11) is 0. The van der Waals surface area contributed by atoms with E-state index in [0.29, 0.717) is 12.6 Å². The molecular weight excluding hydrogens is 501 g/mol. The fourth-order valence-electron chi connectivity index (χ4n) is 3.77. The normalized spacial score (nSPS) is 12.5. The number of amides is 1. The van der Waals surface area contributed by atoms with Gasteiger partial charge < -0.3 is 16.0 Å². The molecule has 7 heteroatoms. The Hall–Kier alpha value is -2.08. The van der Waals surface area contributed by atoms with Crippen molar-refractivity contribution in [1.82, 2.24) is 10.6 Å². The van der Waals surface area contributed by atoms with Gasteiger partial charge in [-0.25, -0.2) is 0 Å². The first-order valence-corrected chi connectivity index (χ1v) is 12.5. The standard InChI is InChI=1S/C28H33Cl2N3O.ClH/c1-20(31-15-13-22-5-3-7-25(29)18-22)17-24-9-11-27(12-10-24)33-28(34)21(2)32-16-14-23-6-4-8-26(30)19-23;/h3-12,18-21,31-32H,13-17H2,1-2H3,(H,33,34);1H/t20?,21-;/m1./s1. The second-order valence-corrected chi connectivity index (χ2v) is 9.55. The van der Waals surface area contributed by atoms with Crippen LogP contribution in [0, 0.1) is 0 Å². The minimum absolute atomic E-state index is 0. The Labute approximate surface area is 225 Å². The number of rotatable bonds is 12. The van der Waals surface area contributed by atoms with E-state index in [-0.39, 0.29) is 24.4 Å². The molecule has 0 spiro atoms. The summed E-state index contributed by atoms with van der Waals surface area (Å²) in [6.45, 7) is 5.66. The highest BCUT2D eigenvalue weighted by Crippen LogP contribution is 2.14. The number of anilines is 1. The average Bonchev–Trinajstić information content (AvgIpc) is 2.80. The summed E-state index contributed by atoms with van der Waals surface area (Å²) in [4.78, 5) is 12.5. The Bertz CT molecular complexity index is 1060. The van der Waals surface area contributed by atoms with Crippen LogP contribution < -0.4 is 16.0 Å². The molecule has 35 heavy (non-hydrogen) atoms. The Morgan fingerprint density at radius 2 is 1.31 bits per heavy atom. The molecule has 0 aromatic heterocycles. The van der Waals surface area contributed by atoms with Crippen LogP contribution in [0.25, 0.3) is 0 Å². The molecule has 0 radical (unpaired) electrons. The summed E-state index contributed by atoms with van der Waals surface area (Å²) < 4.78 is 0. The molecule has 3 aromatic carbocycles. The summed E-state index contributed by atoms with van der Waals surface area (Å²) in [6.07, 6.45) is 2.69. The first-order valence-electron chi connectivity index (χ1n) is 11.7. The van der Waals surface area contributed by atoms with Crippen molar-refractivity contribution in [2.45, 2.75) is 45.2 Å². The molecule has 188 valence electrons. The van der Waals surface area contributed by atoms with E-state index in [0.717, 1.165) is 47.1 Å². The van der Waals surface area contributed by atoms with Crippen molar-refractivity contribution in [2.75, 3.05) is 18.4 Å². The van der Waals surface area contributed by atoms with Gasteiger partial charge in [0.25, 0.3) is 0 Å². The topological polar surface area (TPSA) is 53.2 Å². The van der Waals surface area contributed by atoms with Crippen molar-refractivity contribution >= 4 is 47.2 Å². The second kappa shape index (κ2) is 15.1.